The largest absolute Gasteiger partial charge is 0.386 e. The van der Waals surface area contributed by atoms with Crippen LogP contribution in [-0.4, -0.2) is 17.6 Å². The van der Waals surface area contributed by atoms with Crippen LogP contribution < -0.4 is 5.32 Å². The number of thiophene rings is 2. The number of carbonyl (C=O) groups is 1. The minimum absolute atomic E-state index is 0.172. The third-order valence-electron chi connectivity index (χ3n) is 3.21. The molecule has 3 aromatic rings. The van der Waals surface area contributed by atoms with E-state index in [0.29, 0.717) is 5.56 Å². The molecule has 0 aliphatic carbocycles. The molecule has 1 atom stereocenters. The number of amides is 1. The Morgan fingerprint density at radius 1 is 1.05 bits per heavy atom. The predicted octanol–water partition coefficient (Wildman–Crippen LogP) is 3.94. The van der Waals surface area contributed by atoms with Crippen LogP contribution in [0.5, 0.6) is 0 Å². The van der Waals surface area contributed by atoms with Crippen molar-refractivity contribution in [2.24, 2.45) is 0 Å². The van der Waals surface area contributed by atoms with E-state index in [1.54, 1.807) is 34.8 Å². The van der Waals surface area contributed by atoms with E-state index in [1.807, 2.05) is 41.8 Å². The predicted molar refractivity (Wildman–Crippen MR) is 91.4 cm³/mol. The number of aliphatic hydroxyl groups is 1. The molecule has 22 heavy (non-hydrogen) atoms. The second-order valence-corrected chi connectivity index (χ2v) is 6.83. The first-order chi connectivity index (χ1) is 10.7. The van der Waals surface area contributed by atoms with Gasteiger partial charge in [-0.15, -0.1) is 22.7 Å². The number of carbonyl (C=O) groups excluding carboxylic acids is 1. The summed E-state index contributed by atoms with van der Waals surface area (Å²) < 4.78 is 0. The van der Waals surface area contributed by atoms with Crippen molar-refractivity contribution in [1.82, 2.24) is 5.32 Å². The molecule has 0 spiro atoms. The zero-order chi connectivity index (χ0) is 15.4. The number of aliphatic hydroxyl groups excluding tert-OH is 1. The highest BCUT2D eigenvalue weighted by Gasteiger charge is 2.13. The maximum absolute atomic E-state index is 12.0. The number of hydrogen-bond donors (Lipinski definition) is 2. The molecular formula is C17H15NO2S2. The number of rotatable bonds is 5. The van der Waals surface area contributed by atoms with E-state index >= 15 is 0 Å². The van der Waals surface area contributed by atoms with Crippen LogP contribution in [0.3, 0.4) is 0 Å². The van der Waals surface area contributed by atoms with E-state index in [1.165, 1.54) is 4.88 Å². The molecule has 2 aromatic heterocycles. The van der Waals surface area contributed by atoms with Crippen LogP contribution in [0.2, 0.25) is 0 Å². The Balaban J connectivity index is 1.60. The summed E-state index contributed by atoms with van der Waals surface area (Å²) in [5, 5.41) is 15.0. The topological polar surface area (TPSA) is 49.3 Å². The maximum Gasteiger partial charge on any atom is 0.251 e. The second kappa shape index (κ2) is 6.87. The zero-order valence-electron chi connectivity index (χ0n) is 11.7. The highest BCUT2D eigenvalue weighted by atomic mass is 32.1. The minimum atomic E-state index is -0.689. The van der Waals surface area contributed by atoms with Crippen LogP contribution in [0.4, 0.5) is 0 Å². The minimum Gasteiger partial charge on any atom is -0.386 e. The fourth-order valence-corrected chi connectivity index (χ4v) is 3.89. The lowest BCUT2D eigenvalue weighted by atomic mass is 10.2. The number of nitrogens with one attached hydrogen (secondary N) is 1. The van der Waals surface area contributed by atoms with Gasteiger partial charge in [0.2, 0.25) is 0 Å². The van der Waals surface area contributed by atoms with Gasteiger partial charge in [-0.25, -0.2) is 0 Å². The molecule has 0 aliphatic heterocycles. The van der Waals surface area contributed by atoms with Crippen LogP contribution in [0.1, 0.15) is 21.3 Å². The monoisotopic (exact) mass is 329 g/mol. The Labute approximate surface area is 136 Å². The molecule has 1 aromatic carbocycles. The lowest BCUT2D eigenvalue weighted by Crippen LogP contribution is -2.27. The quantitative estimate of drug-likeness (QED) is 0.745. The molecule has 0 saturated heterocycles. The van der Waals surface area contributed by atoms with Crippen LogP contribution in [0.15, 0.2) is 60.0 Å². The lowest BCUT2D eigenvalue weighted by Gasteiger charge is -2.10. The molecule has 3 nitrogen and oxygen atoms in total. The SMILES string of the molecule is O=C(NCC(O)c1ccc(-c2cccs2)s1)c1ccccc1. The Hall–Kier alpha value is -1.95. The average Bonchev–Trinajstić information content (AvgIpc) is 3.23. The molecule has 5 heteroatoms. The summed E-state index contributed by atoms with van der Waals surface area (Å²) in [6.45, 7) is 0.206. The van der Waals surface area contributed by atoms with Gasteiger partial charge in [0, 0.05) is 26.7 Å². The van der Waals surface area contributed by atoms with Gasteiger partial charge in [-0.2, -0.15) is 0 Å². The molecule has 1 amide bonds. The summed E-state index contributed by atoms with van der Waals surface area (Å²) in [5.41, 5.74) is 0.597. The van der Waals surface area contributed by atoms with Gasteiger partial charge in [-0.05, 0) is 35.7 Å². The zero-order valence-corrected chi connectivity index (χ0v) is 13.4. The van der Waals surface area contributed by atoms with Gasteiger partial charge < -0.3 is 10.4 Å². The summed E-state index contributed by atoms with van der Waals surface area (Å²) >= 11 is 3.23. The molecule has 2 heterocycles. The summed E-state index contributed by atoms with van der Waals surface area (Å²) in [6.07, 6.45) is -0.689. The Bertz CT molecular complexity index is 735. The third kappa shape index (κ3) is 3.44. The normalized spacial score (nSPS) is 12.0. The van der Waals surface area contributed by atoms with Gasteiger partial charge in [0.05, 0.1) is 0 Å². The third-order valence-corrected chi connectivity index (χ3v) is 5.46. The molecule has 0 bridgehead atoms. The Morgan fingerprint density at radius 2 is 1.86 bits per heavy atom. The molecule has 112 valence electrons. The fraction of sp³-hybridized carbons (Fsp3) is 0.118. The summed E-state index contributed by atoms with van der Waals surface area (Å²) in [6, 6.07) is 17.0. The van der Waals surface area contributed by atoms with Crippen molar-refractivity contribution in [2.45, 2.75) is 6.10 Å². The van der Waals surface area contributed by atoms with Crippen molar-refractivity contribution in [3.63, 3.8) is 0 Å². The van der Waals surface area contributed by atoms with Crippen molar-refractivity contribution in [2.75, 3.05) is 6.54 Å². The van der Waals surface area contributed by atoms with Gasteiger partial charge in [-0.3, -0.25) is 4.79 Å². The van der Waals surface area contributed by atoms with Crippen molar-refractivity contribution in [3.05, 3.63) is 70.4 Å². The molecule has 0 aliphatic rings. The summed E-state index contributed by atoms with van der Waals surface area (Å²) in [5.74, 6) is -0.172. The summed E-state index contributed by atoms with van der Waals surface area (Å²) in [7, 11) is 0. The highest BCUT2D eigenvalue weighted by molar-refractivity contribution is 7.21. The van der Waals surface area contributed by atoms with Gasteiger partial charge in [0.25, 0.3) is 5.91 Å². The second-order valence-electron chi connectivity index (χ2n) is 4.77. The standard InChI is InChI=1S/C17H15NO2S2/c19-13(11-18-17(20)12-5-2-1-3-6-12)14-8-9-16(22-14)15-7-4-10-21-15/h1-10,13,19H,11H2,(H,18,20). The van der Waals surface area contributed by atoms with E-state index in [2.05, 4.69) is 11.4 Å². The van der Waals surface area contributed by atoms with Crippen LogP contribution in [0, 0.1) is 0 Å². The molecule has 0 saturated carbocycles. The number of hydrogen-bond acceptors (Lipinski definition) is 4. The van der Waals surface area contributed by atoms with E-state index in [0.717, 1.165) is 9.75 Å². The Morgan fingerprint density at radius 3 is 2.59 bits per heavy atom. The first kappa shape index (κ1) is 15.0. The molecule has 0 fully saturated rings. The van der Waals surface area contributed by atoms with Crippen molar-refractivity contribution in [1.29, 1.82) is 0 Å². The van der Waals surface area contributed by atoms with Gasteiger partial charge in [-0.1, -0.05) is 24.3 Å². The van der Waals surface area contributed by atoms with E-state index < -0.39 is 6.10 Å². The van der Waals surface area contributed by atoms with E-state index in [-0.39, 0.29) is 12.5 Å². The van der Waals surface area contributed by atoms with Crippen molar-refractivity contribution >= 4 is 28.6 Å². The molecule has 0 radical (unpaired) electrons. The van der Waals surface area contributed by atoms with E-state index in [9.17, 15) is 9.90 Å². The lowest BCUT2D eigenvalue weighted by molar-refractivity contribution is 0.0918. The first-order valence-corrected chi connectivity index (χ1v) is 8.58. The van der Waals surface area contributed by atoms with Gasteiger partial charge in [0.15, 0.2) is 0 Å². The fourth-order valence-electron chi connectivity index (χ4n) is 2.06. The van der Waals surface area contributed by atoms with Gasteiger partial charge >= 0.3 is 0 Å². The van der Waals surface area contributed by atoms with Crippen molar-refractivity contribution < 1.29 is 9.90 Å². The molecule has 2 N–H and O–H groups in total. The van der Waals surface area contributed by atoms with Crippen LogP contribution in [-0.2, 0) is 0 Å². The average molecular weight is 329 g/mol. The molecule has 1 unspecified atom stereocenters. The van der Waals surface area contributed by atoms with Gasteiger partial charge in [0.1, 0.15) is 6.10 Å². The highest BCUT2D eigenvalue weighted by Crippen LogP contribution is 2.33. The number of benzene rings is 1. The first-order valence-electron chi connectivity index (χ1n) is 6.89. The molecular weight excluding hydrogens is 314 g/mol. The molecule has 3 rings (SSSR count). The van der Waals surface area contributed by atoms with Crippen LogP contribution >= 0.6 is 22.7 Å². The maximum atomic E-state index is 12.0. The Kier molecular flexibility index (Phi) is 4.68. The van der Waals surface area contributed by atoms with Crippen LogP contribution in [0.25, 0.3) is 9.75 Å². The smallest absolute Gasteiger partial charge is 0.251 e. The van der Waals surface area contributed by atoms with Crippen molar-refractivity contribution in [3.8, 4) is 9.75 Å². The van der Waals surface area contributed by atoms with E-state index in [4.69, 9.17) is 0 Å². The summed E-state index contributed by atoms with van der Waals surface area (Å²) in [4.78, 5) is 15.1.